The van der Waals surface area contributed by atoms with Gasteiger partial charge in [-0.3, -0.25) is 0 Å². The van der Waals surface area contributed by atoms with Crippen molar-refractivity contribution in [3.05, 3.63) is 29.3 Å². The minimum atomic E-state index is -0.449. The van der Waals surface area contributed by atoms with Crippen molar-refractivity contribution in [2.75, 3.05) is 7.11 Å². The maximum absolute atomic E-state index is 11.6. The maximum atomic E-state index is 11.6. The van der Waals surface area contributed by atoms with E-state index in [1.165, 1.54) is 13.2 Å². The molecule has 0 aromatic heterocycles. The Morgan fingerprint density at radius 2 is 2.26 bits per heavy atom. The average molecular weight is 261 g/mol. The van der Waals surface area contributed by atoms with E-state index >= 15 is 0 Å². The van der Waals surface area contributed by atoms with Crippen molar-refractivity contribution in [2.24, 2.45) is 5.16 Å². The third kappa shape index (κ3) is 2.76. The number of hydrogen-bond acceptors (Lipinski definition) is 5. The van der Waals surface area contributed by atoms with Crippen LogP contribution in [-0.4, -0.2) is 23.9 Å². The Kier molecular flexibility index (Phi) is 3.85. The fraction of sp³-hybridized carbons (Fsp3) is 0.286. The van der Waals surface area contributed by atoms with E-state index in [9.17, 15) is 9.90 Å². The molecule has 19 heavy (non-hydrogen) atoms. The normalized spacial score (nSPS) is 16.4. The Hall–Kier alpha value is -2.30. The Morgan fingerprint density at radius 3 is 2.95 bits per heavy atom. The second-order valence-electron chi connectivity index (χ2n) is 4.16. The summed E-state index contributed by atoms with van der Waals surface area (Å²) in [6.07, 6.45) is 3.25. The van der Waals surface area contributed by atoms with Crippen LogP contribution in [0, 0.1) is 0 Å². The molecule has 0 amide bonds. The van der Waals surface area contributed by atoms with E-state index in [-0.39, 0.29) is 5.75 Å². The van der Waals surface area contributed by atoms with Crippen LogP contribution in [0.25, 0.3) is 6.08 Å². The van der Waals surface area contributed by atoms with Crippen LogP contribution in [-0.2, 0) is 9.63 Å². The number of phenolic OH excluding ortho intramolecular Hbond substituents is 1. The van der Waals surface area contributed by atoms with Gasteiger partial charge in [0.25, 0.3) is 0 Å². The highest BCUT2D eigenvalue weighted by molar-refractivity contribution is 6.25. The Balaban J connectivity index is 2.34. The van der Waals surface area contributed by atoms with Crippen molar-refractivity contribution in [1.29, 1.82) is 0 Å². The molecule has 1 aromatic rings. The van der Waals surface area contributed by atoms with Gasteiger partial charge in [-0.15, -0.1) is 0 Å². The lowest BCUT2D eigenvalue weighted by molar-refractivity contribution is -0.136. The number of benzene rings is 1. The van der Waals surface area contributed by atoms with Gasteiger partial charge in [-0.05, 0) is 30.2 Å². The van der Waals surface area contributed by atoms with Crippen molar-refractivity contribution in [3.8, 4) is 11.5 Å². The molecule has 0 fully saturated rings. The summed E-state index contributed by atoms with van der Waals surface area (Å²) in [7, 11) is 1.47. The zero-order chi connectivity index (χ0) is 13.8. The van der Waals surface area contributed by atoms with Gasteiger partial charge in [0.2, 0.25) is 0 Å². The van der Waals surface area contributed by atoms with E-state index in [2.05, 4.69) is 9.99 Å². The van der Waals surface area contributed by atoms with Crippen LogP contribution in [0.2, 0.25) is 0 Å². The minimum absolute atomic E-state index is 0.0566. The van der Waals surface area contributed by atoms with E-state index < -0.39 is 5.97 Å². The summed E-state index contributed by atoms with van der Waals surface area (Å²) in [6, 6.07) is 4.86. The molecule has 1 aliphatic rings. The standard InChI is InChI=1S/C14H15NO4/c1-3-4-11-10(14(17)19-15-11)7-9-5-6-12(16)13(8-9)18-2/h5-8,16H,3-4H2,1-2H3/b10-7-. The van der Waals surface area contributed by atoms with Gasteiger partial charge in [-0.2, -0.15) is 0 Å². The monoisotopic (exact) mass is 261 g/mol. The van der Waals surface area contributed by atoms with Crippen LogP contribution < -0.4 is 4.74 Å². The number of rotatable bonds is 4. The van der Waals surface area contributed by atoms with Gasteiger partial charge < -0.3 is 14.7 Å². The van der Waals surface area contributed by atoms with Gasteiger partial charge in [0.1, 0.15) is 0 Å². The maximum Gasteiger partial charge on any atom is 0.367 e. The smallest absolute Gasteiger partial charge is 0.367 e. The topological polar surface area (TPSA) is 68.1 Å². The predicted octanol–water partition coefficient (Wildman–Crippen LogP) is 2.50. The quantitative estimate of drug-likeness (QED) is 0.668. The zero-order valence-corrected chi connectivity index (χ0v) is 10.8. The van der Waals surface area contributed by atoms with E-state index in [1.54, 1.807) is 18.2 Å². The van der Waals surface area contributed by atoms with Gasteiger partial charge in [0.15, 0.2) is 11.5 Å². The summed E-state index contributed by atoms with van der Waals surface area (Å²) in [5, 5.41) is 13.3. The van der Waals surface area contributed by atoms with E-state index in [4.69, 9.17) is 4.74 Å². The molecule has 0 unspecified atom stereocenters. The van der Waals surface area contributed by atoms with Gasteiger partial charge in [-0.25, -0.2) is 4.79 Å². The molecule has 0 atom stereocenters. The molecule has 1 aliphatic heterocycles. The molecular weight excluding hydrogens is 246 g/mol. The first-order valence-corrected chi connectivity index (χ1v) is 6.03. The average Bonchev–Trinajstić information content (AvgIpc) is 2.74. The van der Waals surface area contributed by atoms with Crippen LogP contribution in [0.3, 0.4) is 0 Å². The minimum Gasteiger partial charge on any atom is -0.504 e. The second-order valence-corrected chi connectivity index (χ2v) is 4.16. The molecule has 2 rings (SSSR count). The number of carbonyl (C=O) groups is 1. The molecular formula is C14H15NO4. The van der Waals surface area contributed by atoms with Crippen LogP contribution >= 0.6 is 0 Å². The molecule has 5 heteroatoms. The summed E-state index contributed by atoms with van der Waals surface area (Å²) >= 11 is 0. The van der Waals surface area contributed by atoms with Gasteiger partial charge in [0, 0.05) is 0 Å². The fourth-order valence-electron chi connectivity index (χ4n) is 1.82. The number of methoxy groups -OCH3 is 1. The lowest BCUT2D eigenvalue weighted by Crippen LogP contribution is -2.04. The Labute approximate surface area is 111 Å². The van der Waals surface area contributed by atoms with Crippen LogP contribution in [0.1, 0.15) is 25.3 Å². The van der Waals surface area contributed by atoms with Gasteiger partial charge in [0.05, 0.1) is 18.4 Å². The number of nitrogens with zero attached hydrogens (tertiary/aromatic N) is 1. The van der Waals surface area contributed by atoms with Crippen molar-refractivity contribution in [2.45, 2.75) is 19.8 Å². The number of oxime groups is 1. The molecule has 0 saturated heterocycles. The molecule has 0 bridgehead atoms. The molecule has 0 saturated carbocycles. The predicted molar refractivity (Wildman–Crippen MR) is 71.1 cm³/mol. The molecule has 0 spiro atoms. The number of hydrogen-bond donors (Lipinski definition) is 1. The third-order valence-electron chi connectivity index (χ3n) is 2.77. The van der Waals surface area contributed by atoms with Crippen molar-refractivity contribution >= 4 is 17.8 Å². The number of aromatic hydroxyl groups is 1. The van der Waals surface area contributed by atoms with Crippen molar-refractivity contribution in [1.82, 2.24) is 0 Å². The van der Waals surface area contributed by atoms with Crippen LogP contribution in [0.4, 0.5) is 0 Å². The Morgan fingerprint density at radius 1 is 1.47 bits per heavy atom. The molecule has 100 valence electrons. The highest BCUT2D eigenvalue weighted by atomic mass is 16.7. The molecule has 5 nitrogen and oxygen atoms in total. The second kappa shape index (κ2) is 5.56. The first-order chi connectivity index (χ1) is 9.15. The molecule has 0 radical (unpaired) electrons. The first-order valence-electron chi connectivity index (χ1n) is 6.03. The fourth-order valence-corrected chi connectivity index (χ4v) is 1.82. The lowest BCUT2D eigenvalue weighted by Gasteiger charge is -2.04. The van der Waals surface area contributed by atoms with E-state index in [1.807, 2.05) is 6.92 Å². The van der Waals surface area contributed by atoms with Crippen LogP contribution in [0.5, 0.6) is 11.5 Å². The van der Waals surface area contributed by atoms with E-state index in [0.29, 0.717) is 23.5 Å². The first kappa shape index (κ1) is 13.1. The summed E-state index contributed by atoms with van der Waals surface area (Å²) in [5.74, 6) is -0.0358. The zero-order valence-electron chi connectivity index (χ0n) is 10.8. The SMILES string of the molecule is CCCC1=NOC(=O)/C1=C\c1ccc(O)c(OC)c1. The summed E-state index contributed by atoms with van der Waals surface area (Å²) in [6.45, 7) is 2.01. The van der Waals surface area contributed by atoms with Crippen molar-refractivity contribution < 1.29 is 19.5 Å². The highest BCUT2D eigenvalue weighted by Crippen LogP contribution is 2.28. The summed E-state index contributed by atoms with van der Waals surface area (Å²) in [5.41, 5.74) is 1.85. The number of carbonyl (C=O) groups excluding carboxylic acids is 1. The molecule has 0 aliphatic carbocycles. The molecule has 1 aromatic carbocycles. The summed E-state index contributed by atoms with van der Waals surface area (Å²) in [4.78, 5) is 16.3. The number of ether oxygens (including phenoxy) is 1. The van der Waals surface area contributed by atoms with Gasteiger partial charge >= 0.3 is 5.97 Å². The van der Waals surface area contributed by atoms with E-state index in [0.717, 1.165) is 12.0 Å². The third-order valence-corrected chi connectivity index (χ3v) is 2.77. The lowest BCUT2D eigenvalue weighted by atomic mass is 10.0. The largest absolute Gasteiger partial charge is 0.504 e. The molecule has 1 N–H and O–H groups in total. The molecule has 1 heterocycles. The highest BCUT2D eigenvalue weighted by Gasteiger charge is 2.24. The van der Waals surface area contributed by atoms with Gasteiger partial charge in [-0.1, -0.05) is 24.6 Å². The van der Waals surface area contributed by atoms with Crippen molar-refractivity contribution in [3.63, 3.8) is 0 Å². The Bertz CT molecular complexity index is 561. The van der Waals surface area contributed by atoms with Crippen LogP contribution in [0.15, 0.2) is 28.9 Å². The summed E-state index contributed by atoms with van der Waals surface area (Å²) < 4.78 is 5.03. The number of phenols is 1.